The molecule has 1 aromatic heterocycles. The predicted octanol–water partition coefficient (Wildman–Crippen LogP) is 1.84. The van der Waals surface area contributed by atoms with Gasteiger partial charge in [0, 0.05) is 45.1 Å². The number of rotatable bonds is 10. The molecule has 9 nitrogen and oxygen atoms in total. The third-order valence-electron chi connectivity index (χ3n) is 4.68. The van der Waals surface area contributed by atoms with Gasteiger partial charge in [-0.2, -0.15) is 0 Å². The number of nitrogens with one attached hydrogen (secondary N) is 1. The van der Waals surface area contributed by atoms with E-state index in [2.05, 4.69) is 20.2 Å². The first-order valence-corrected chi connectivity index (χ1v) is 11.0. The molecule has 0 spiro atoms. The summed E-state index contributed by atoms with van der Waals surface area (Å²) >= 11 is 0. The van der Waals surface area contributed by atoms with Crippen LogP contribution in [0, 0.1) is 0 Å². The number of pyridine rings is 1. The number of carbonyl (C=O) groups excluding carboxylic acids is 1. The van der Waals surface area contributed by atoms with Gasteiger partial charge in [0.2, 0.25) is 0 Å². The van der Waals surface area contributed by atoms with E-state index in [4.69, 9.17) is 15.2 Å². The molecule has 1 aliphatic rings. The van der Waals surface area contributed by atoms with Crippen molar-refractivity contribution < 1.29 is 14.3 Å². The number of ether oxygens (including phenoxy) is 2. The van der Waals surface area contributed by atoms with Crippen LogP contribution >= 0.6 is 0 Å². The third kappa shape index (κ3) is 11.0. The van der Waals surface area contributed by atoms with Crippen LogP contribution in [0.15, 0.2) is 29.5 Å². The van der Waals surface area contributed by atoms with Crippen LogP contribution in [0.2, 0.25) is 0 Å². The van der Waals surface area contributed by atoms with E-state index in [0.717, 1.165) is 51.4 Å². The lowest BCUT2D eigenvalue weighted by Gasteiger charge is -2.27. The number of morpholine rings is 1. The number of nitrogens with zero attached hydrogens (tertiary/aromatic N) is 4. The van der Waals surface area contributed by atoms with E-state index in [1.165, 1.54) is 0 Å². The quantitative estimate of drug-likeness (QED) is 0.329. The van der Waals surface area contributed by atoms with Crippen molar-refractivity contribution in [2.75, 3.05) is 52.5 Å². The minimum Gasteiger partial charge on any atom is -0.444 e. The van der Waals surface area contributed by atoms with Crippen LogP contribution in [0.25, 0.3) is 0 Å². The maximum atomic E-state index is 12.6. The van der Waals surface area contributed by atoms with Gasteiger partial charge in [-0.1, -0.05) is 6.07 Å². The summed E-state index contributed by atoms with van der Waals surface area (Å²) in [5.41, 5.74) is 6.38. The summed E-state index contributed by atoms with van der Waals surface area (Å²) in [5, 5.41) is 3.16. The van der Waals surface area contributed by atoms with Crippen molar-refractivity contribution in [3.8, 4) is 0 Å². The number of nitrogens with two attached hydrogens (primary N) is 1. The van der Waals surface area contributed by atoms with E-state index < -0.39 is 5.60 Å². The monoisotopic (exact) mass is 434 g/mol. The van der Waals surface area contributed by atoms with Gasteiger partial charge in [0.15, 0.2) is 5.96 Å². The second-order valence-electron chi connectivity index (χ2n) is 8.62. The Bertz CT molecular complexity index is 672. The molecule has 0 unspecified atom stereocenters. The molecule has 1 fully saturated rings. The van der Waals surface area contributed by atoms with Crippen LogP contribution in [0.1, 0.15) is 39.2 Å². The fourth-order valence-corrected chi connectivity index (χ4v) is 3.13. The Morgan fingerprint density at radius 3 is 2.81 bits per heavy atom. The Balaban J connectivity index is 1.72. The molecule has 0 atom stereocenters. The summed E-state index contributed by atoms with van der Waals surface area (Å²) in [4.78, 5) is 25.2. The molecule has 1 aromatic rings. The highest BCUT2D eigenvalue weighted by Crippen LogP contribution is 2.13. The van der Waals surface area contributed by atoms with Crippen molar-refractivity contribution in [1.29, 1.82) is 0 Å². The van der Waals surface area contributed by atoms with E-state index in [-0.39, 0.29) is 6.09 Å². The average molecular weight is 435 g/mol. The van der Waals surface area contributed by atoms with Gasteiger partial charge in [0.1, 0.15) is 5.60 Å². The molecule has 0 bridgehead atoms. The van der Waals surface area contributed by atoms with Crippen LogP contribution in [-0.4, -0.2) is 84.9 Å². The van der Waals surface area contributed by atoms with E-state index in [9.17, 15) is 4.79 Å². The van der Waals surface area contributed by atoms with Crippen molar-refractivity contribution in [2.24, 2.45) is 10.7 Å². The summed E-state index contributed by atoms with van der Waals surface area (Å²) in [6, 6.07) is 3.81. The SMILES string of the molecule is CC(C)(C)OC(=O)N(CCCN=C(N)NCCCN1CCOCC1)Cc1cccnc1. The molecule has 174 valence electrons. The van der Waals surface area contributed by atoms with Gasteiger partial charge in [0.25, 0.3) is 0 Å². The van der Waals surface area contributed by atoms with Gasteiger partial charge in [0.05, 0.1) is 19.8 Å². The van der Waals surface area contributed by atoms with Crippen molar-refractivity contribution in [3.05, 3.63) is 30.1 Å². The number of aliphatic imine (C=N–C) groups is 1. The maximum Gasteiger partial charge on any atom is 0.410 e. The molecule has 0 radical (unpaired) electrons. The number of amides is 1. The highest BCUT2D eigenvalue weighted by atomic mass is 16.6. The van der Waals surface area contributed by atoms with E-state index in [0.29, 0.717) is 32.0 Å². The number of hydrogen-bond acceptors (Lipinski definition) is 6. The Hall–Kier alpha value is -2.39. The standard InChI is InChI=1S/C22H38N6O3/c1-22(2,3)31-21(29)28(18-19-7-4-8-24-17-19)12-6-10-26-20(23)25-9-5-11-27-13-15-30-16-14-27/h4,7-8,17H,5-6,9-16,18H2,1-3H3,(H3,23,25,26). The topological polar surface area (TPSA) is 105 Å². The molecular weight excluding hydrogens is 396 g/mol. The minimum atomic E-state index is -0.544. The van der Waals surface area contributed by atoms with Crippen molar-refractivity contribution in [2.45, 2.75) is 45.8 Å². The number of carbonyl (C=O) groups is 1. The highest BCUT2D eigenvalue weighted by Gasteiger charge is 2.22. The van der Waals surface area contributed by atoms with Crippen molar-refractivity contribution in [3.63, 3.8) is 0 Å². The summed E-state index contributed by atoms with van der Waals surface area (Å²) in [7, 11) is 0. The molecule has 0 saturated carbocycles. The van der Waals surface area contributed by atoms with E-state index in [1.54, 1.807) is 17.3 Å². The smallest absolute Gasteiger partial charge is 0.410 e. The molecule has 1 amide bonds. The summed E-state index contributed by atoms with van der Waals surface area (Å²) in [5.74, 6) is 0.443. The molecule has 3 N–H and O–H groups in total. The number of aromatic nitrogens is 1. The second kappa shape index (κ2) is 13.1. The average Bonchev–Trinajstić information content (AvgIpc) is 2.73. The lowest BCUT2D eigenvalue weighted by atomic mass is 10.2. The van der Waals surface area contributed by atoms with Gasteiger partial charge >= 0.3 is 6.09 Å². The summed E-state index contributed by atoms with van der Waals surface area (Å²) in [6.07, 6.45) is 4.83. The first-order chi connectivity index (χ1) is 14.8. The van der Waals surface area contributed by atoms with Crippen LogP contribution in [0.5, 0.6) is 0 Å². The van der Waals surface area contributed by atoms with Crippen LogP contribution in [0.4, 0.5) is 4.79 Å². The van der Waals surface area contributed by atoms with Gasteiger partial charge in [-0.15, -0.1) is 0 Å². The van der Waals surface area contributed by atoms with Crippen molar-refractivity contribution in [1.82, 2.24) is 20.1 Å². The molecule has 0 aromatic carbocycles. The molecule has 9 heteroatoms. The van der Waals surface area contributed by atoms with Gasteiger partial charge in [-0.3, -0.25) is 14.9 Å². The minimum absolute atomic E-state index is 0.338. The highest BCUT2D eigenvalue weighted by molar-refractivity contribution is 5.77. The summed E-state index contributed by atoms with van der Waals surface area (Å²) < 4.78 is 10.9. The predicted molar refractivity (Wildman–Crippen MR) is 122 cm³/mol. The molecule has 2 rings (SSSR count). The molecule has 31 heavy (non-hydrogen) atoms. The van der Waals surface area contributed by atoms with Crippen LogP contribution in [-0.2, 0) is 16.0 Å². The largest absolute Gasteiger partial charge is 0.444 e. The summed E-state index contributed by atoms with van der Waals surface area (Å²) in [6.45, 7) is 12.5. The molecule has 2 heterocycles. The van der Waals surface area contributed by atoms with E-state index >= 15 is 0 Å². The van der Waals surface area contributed by atoms with Crippen LogP contribution < -0.4 is 11.1 Å². The molecule has 0 aliphatic carbocycles. The van der Waals surface area contributed by atoms with Gasteiger partial charge in [-0.05, 0) is 51.8 Å². The Morgan fingerprint density at radius 1 is 1.35 bits per heavy atom. The zero-order valence-electron chi connectivity index (χ0n) is 19.2. The van der Waals surface area contributed by atoms with Gasteiger partial charge in [-0.25, -0.2) is 4.79 Å². The molecule has 1 saturated heterocycles. The maximum absolute atomic E-state index is 12.6. The first kappa shape index (κ1) is 24.9. The second-order valence-corrected chi connectivity index (χ2v) is 8.62. The number of guanidine groups is 1. The third-order valence-corrected chi connectivity index (χ3v) is 4.68. The zero-order chi connectivity index (χ0) is 22.5. The van der Waals surface area contributed by atoms with Crippen molar-refractivity contribution >= 4 is 12.1 Å². The van der Waals surface area contributed by atoms with Gasteiger partial charge < -0.3 is 25.4 Å². The Labute approximate surface area is 186 Å². The number of hydrogen-bond donors (Lipinski definition) is 2. The normalized spacial score (nSPS) is 15.5. The first-order valence-electron chi connectivity index (χ1n) is 11.0. The molecular formula is C22H38N6O3. The lowest BCUT2D eigenvalue weighted by molar-refractivity contribution is 0.0232. The Morgan fingerprint density at radius 2 is 2.13 bits per heavy atom. The lowest BCUT2D eigenvalue weighted by Crippen LogP contribution is -2.39. The van der Waals surface area contributed by atoms with E-state index in [1.807, 2.05) is 32.9 Å². The zero-order valence-corrected chi connectivity index (χ0v) is 19.2. The Kier molecular flexibility index (Phi) is 10.5. The molecule has 1 aliphatic heterocycles. The fourth-order valence-electron chi connectivity index (χ4n) is 3.13. The fraction of sp³-hybridized carbons (Fsp3) is 0.682. The van der Waals surface area contributed by atoms with Crippen LogP contribution in [0.3, 0.4) is 0 Å².